The maximum absolute atomic E-state index is 5.77. The van der Waals surface area contributed by atoms with Gasteiger partial charge in [-0.25, -0.2) is 4.57 Å². The minimum Gasteiger partial charge on any atom is -0.497 e. The molecule has 0 unspecified atom stereocenters. The van der Waals surface area contributed by atoms with Gasteiger partial charge in [0, 0.05) is 23.8 Å². The second kappa shape index (κ2) is 5.83. The van der Waals surface area contributed by atoms with Crippen molar-refractivity contribution in [3.8, 4) is 11.5 Å². The van der Waals surface area contributed by atoms with Crippen LogP contribution >= 0.6 is 0 Å². The van der Waals surface area contributed by atoms with Gasteiger partial charge in [0.15, 0.2) is 6.20 Å². The normalized spacial score (nSPS) is 13.5. The highest BCUT2D eigenvalue weighted by molar-refractivity contribution is 5.67. The first-order valence-electron chi connectivity index (χ1n) is 6.90. The number of hydrogen-bond donors (Lipinski definition) is 0. The Morgan fingerprint density at radius 3 is 2.90 bits per heavy atom. The number of nitrogens with zero attached hydrogens (tertiary/aromatic N) is 1. The molecule has 106 valence electrons. The highest BCUT2D eigenvalue weighted by Gasteiger charge is 2.11. The number of benzene rings is 1. The monoisotopic (exact) mass is 280 g/mol. The zero-order valence-corrected chi connectivity index (χ0v) is 12.2. The number of rotatable bonds is 3. The number of ether oxygens (including phenoxy) is 2. The van der Waals surface area contributed by atoms with E-state index in [1.54, 1.807) is 7.11 Å². The van der Waals surface area contributed by atoms with E-state index in [-0.39, 0.29) is 0 Å². The SMILES string of the molecule is COc1ccc2c(c1)C=C(/C=C/c1cccc[n+]1C)CO2. The van der Waals surface area contributed by atoms with Crippen LogP contribution in [-0.4, -0.2) is 13.7 Å². The molecule has 2 heterocycles. The van der Waals surface area contributed by atoms with E-state index in [1.165, 1.54) is 0 Å². The fraction of sp³-hybridized carbons (Fsp3) is 0.167. The van der Waals surface area contributed by atoms with Crippen LogP contribution in [0.5, 0.6) is 11.5 Å². The summed E-state index contributed by atoms with van der Waals surface area (Å²) in [4.78, 5) is 0. The molecule has 0 spiro atoms. The van der Waals surface area contributed by atoms with Crippen molar-refractivity contribution < 1.29 is 14.0 Å². The lowest BCUT2D eigenvalue weighted by Crippen LogP contribution is -2.30. The molecule has 1 aromatic carbocycles. The Hall–Kier alpha value is -2.55. The Labute approximate surface area is 124 Å². The topological polar surface area (TPSA) is 22.3 Å². The molecule has 3 nitrogen and oxygen atoms in total. The van der Waals surface area contributed by atoms with Gasteiger partial charge >= 0.3 is 0 Å². The van der Waals surface area contributed by atoms with Gasteiger partial charge in [-0.2, -0.15) is 0 Å². The molecule has 1 aliphatic heterocycles. The van der Waals surface area contributed by atoms with Crippen molar-refractivity contribution in [3.63, 3.8) is 0 Å². The van der Waals surface area contributed by atoms with Crippen molar-refractivity contribution in [2.24, 2.45) is 7.05 Å². The van der Waals surface area contributed by atoms with E-state index in [0.29, 0.717) is 6.61 Å². The van der Waals surface area contributed by atoms with Gasteiger partial charge < -0.3 is 9.47 Å². The average molecular weight is 280 g/mol. The van der Waals surface area contributed by atoms with Gasteiger partial charge in [-0.1, -0.05) is 0 Å². The minimum atomic E-state index is 0.590. The predicted molar refractivity (Wildman–Crippen MR) is 83.1 cm³/mol. The molecule has 0 bridgehead atoms. The third-order valence-electron chi connectivity index (χ3n) is 3.52. The van der Waals surface area contributed by atoms with Crippen LogP contribution in [0.2, 0.25) is 0 Å². The molecule has 3 heteroatoms. The highest BCUT2D eigenvalue weighted by Crippen LogP contribution is 2.30. The van der Waals surface area contributed by atoms with Gasteiger partial charge in [0.2, 0.25) is 5.69 Å². The molecule has 3 rings (SSSR count). The Kier molecular flexibility index (Phi) is 3.73. The third-order valence-corrected chi connectivity index (χ3v) is 3.52. The zero-order valence-electron chi connectivity index (χ0n) is 12.2. The van der Waals surface area contributed by atoms with Gasteiger partial charge in [0.25, 0.3) is 0 Å². The maximum Gasteiger partial charge on any atom is 0.204 e. The lowest BCUT2D eigenvalue weighted by Gasteiger charge is -2.16. The predicted octanol–water partition coefficient (Wildman–Crippen LogP) is 3.01. The van der Waals surface area contributed by atoms with E-state index in [9.17, 15) is 0 Å². The van der Waals surface area contributed by atoms with Crippen LogP contribution in [0.15, 0.2) is 54.2 Å². The van der Waals surface area contributed by atoms with Crippen molar-refractivity contribution in [3.05, 3.63) is 65.5 Å². The van der Waals surface area contributed by atoms with E-state index < -0.39 is 0 Å². The molecule has 0 N–H and O–H groups in total. The van der Waals surface area contributed by atoms with Gasteiger partial charge in [0.05, 0.1) is 7.11 Å². The van der Waals surface area contributed by atoms with Gasteiger partial charge in [-0.05, 0) is 42.0 Å². The zero-order chi connectivity index (χ0) is 14.7. The molecule has 2 aromatic rings. The van der Waals surface area contributed by atoms with Crippen LogP contribution in [0.3, 0.4) is 0 Å². The summed E-state index contributed by atoms with van der Waals surface area (Å²) in [5, 5.41) is 0. The lowest BCUT2D eigenvalue weighted by molar-refractivity contribution is -0.673. The number of fused-ring (bicyclic) bond motifs is 1. The van der Waals surface area contributed by atoms with Crippen molar-refractivity contribution in [2.45, 2.75) is 0 Å². The average Bonchev–Trinajstić information content (AvgIpc) is 2.53. The van der Waals surface area contributed by atoms with Crippen LogP contribution in [0.1, 0.15) is 11.3 Å². The molecular formula is C18H18NO2+. The molecule has 0 saturated carbocycles. The molecule has 0 aliphatic carbocycles. The number of hydrogen-bond acceptors (Lipinski definition) is 2. The fourth-order valence-corrected chi connectivity index (χ4v) is 2.30. The summed E-state index contributed by atoms with van der Waals surface area (Å²) in [5.41, 5.74) is 3.34. The van der Waals surface area contributed by atoms with Crippen LogP contribution in [0.25, 0.3) is 12.2 Å². The molecule has 21 heavy (non-hydrogen) atoms. The third kappa shape index (κ3) is 2.97. The Balaban J connectivity index is 1.87. The summed E-state index contributed by atoms with van der Waals surface area (Å²) in [7, 11) is 3.71. The lowest BCUT2D eigenvalue weighted by atomic mass is 10.1. The standard InChI is InChI=1S/C18H18NO2/c1-19-10-4-3-5-16(19)7-6-14-11-15-12-17(20-2)8-9-18(15)21-13-14/h3-12H,13H2,1-2H3/q+1/b7-6+. The van der Waals surface area contributed by atoms with Gasteiger partial charge in [0.1, 0.15) is 25.2 Å². The second-order valence-corrected chi connectivity index (χ2v) is 4.98. The molecule has 0 amide bonds. The van der Waals surface area contributed by atoms with Crippen LogP contribution in [-0.2, 0) is 7.05 Å². The van der Waals surface area contributed by atoms with Crippen molar-refractivity contribution in [1.82, 2.24) is 0 Å². The Morgan fingerprint density at radius 1 is 1.19 bits per heavy atom. The van der Waals surface area contributed by atoms with Crippen molar-refractivity contribution in [1.29, 1.82) is 0 Å². The second-order valence-electron chi connectivity index (χ2n) is 4.98. The van der Waals surface area contributed by atoms with Gasteiger partial charge in [-0.3, -0.25) is 0 Å². The minimum absolute atomic E-state index is 0.590. The highest BCUT2D eigenvalue weighted by atomic mass is 16.5. The quantitative estimate of drug-likeness (QED) is 0.806. The van der Waals surface area contributed by atoms with E-state index in [0.717, 1.165) is 28.3 Å². The van der Waals surface area contributed by atoms with Crippen LogP contribution in [0.4, 0.5) is 0 Å². The first-order valence-corrected chi connectivity index (χ1v) is 6.90. The molecule has 0 saturated heterocycles. The summed E-state index contributed by atoms with van der Waals surface area (Å²) >= 11 is 0. The maximum atomic E-state index is 5.77. The summed E-state index contributed by atoms with van der Waals surface area (Å²) in [6.45, 7) is 0.590. The van der Waals surface area contributed by atoms with Gasteiger partial charge in [-0.15, -0.1) is 0 Å². The Morgan fingerprint density at radius 2 is 2.10 bits per heavy atom. The largest absolute Gasteiger partial charge is 0.497 e. The number of aromatic nitrogens is 1. The van der Waals surface area contributed by atoms with Crippen molar-refractivity contribution >= 4 is 12.2 Å². The van der Waals surface area contributed by atoms with Crippen LogP contribution in [0, 0.1) is 0 Å². The van der Waals surface area contributed by atoms with Crippen molar-refractivity contribution in [2.75, 3.05) is 13.7 Å². The number of aryl methyl sites for hydroxylation is 1. The van der Waals surface area contributed by atoms with Crippen LogP contribution < -0.4 is 14.0 Å². The molecular weight excluding hydrogens is 262 g/mol. The molecule has 1 aliphatic rings. The van der Waals surface area contributed by atoms with E-state index in [2.05, 4.69) is 28.9 Å². The Bertz CT molecular complexity index is 717. The van der Waals surface area contributed by atoms with E-state index >= 15 is 0 Å². The molecule has 0 radical (unpaired) electrons. The summed E-state index contributed by atoms with van der Waals surface area (Å²) in [6, 6.07) is 12.0. The summed E-state index contributed by atoms with van der Waals surface area (Å²) in [6.07, 6.45) is 8.37. The molecule has 0 fully saturated rings. The van der Waals surface area contributed by atoms with E-state index in [4.69, 9.17) is 9.47 Å². The summed E-state index contributed by atoms with van der Waals surface area (Å²) in [5.74, 6) is 1.74. The summed E-state index contributed by atoms with van der Waals surface area (Å²) < 4.78 is 13.1. The number of methoxy groups -OCH3 is 1. The van der Waals surface area contributed by atoms with E-state index in [1.807, 2.05) is 43.6 Å². The first kappa shape index (κ1) is 13.4. The fourth-order valence-electron chi connectivity index (χ4n) is 2.30. The number of pyridine rings is 1. The smallest absolute Gasteiger partial charge is 0.204 e. The molecule has 1 aromatic heterocycles. The first-order chi connectivity index (χ1) is 10.3. The molecule has 0 atom stereocenters.